The Hall–Kier alpha value is -3.67. The molecular formula is C23H18N2O4. The maximum Gasteiger partial charge on any atom is 0.337 e. The predicted molar refractivity (Wildman–Crippen MR) is 108 cm³/mol. The van der Waals surface area contributed by atoms with E-state index in [1.807, 2.05) is 18.2 Å². The van der Waals surface area contributed by atoms with E-state index in [-0.39, 0.29) is 34.1 Å². The lowest BCUT2D eigenvalue weighted by Gasteiger charge is -2.38. The fraction of sp³-hybridized carbons (Fsp3) is 0.174. The molecule has 1 heterocycles. The van der Waals surface area contributed by atoms with E-state index in [0.29, 0.717) is 11.3 Å². The van der Waals surface area contributed by atoms with Crippen LogP contribution in [0.3, 0.4) is 0 Å². The molecule has 29 heavy (non-hydrogen) atoms. The maximum atomic E-state index is 11.9. The first kappa shape index (κ1) is 17.4. The van der Waals surface area contributed by atoms with Gasteiger partial charge in [0, 0.05) is 12.0 Å². The molecular weight excluding hydrogens is 368 g/mol. The number of benzene rings is 3. The van der Waals surface area contributed by atoms with Crippen LogP contribution in [0.4, 0.5) is 11.4 Å². The number of fused-ring (bicyclic) bond motifs is 5. The summed E-state index contributed by atoms with van der Waals surface area (Å²) >= 11 is 0. The van der Waals surface area contributed by atoms with Crippen molar-refractivity contribution in [2.75, 3.05) is 5.32 Å². The van der Waals surface area contributed by atoms with Crippen LogP contribution in [-0.4, -0.2) is 16.0 Å². The molecule has 0 fully saturated rings. The lowest BCUT2D eigenvalue weighted by atomic mass is 9.74. The number of para-hydroxylation sites is 2. The number of hydrogen-bond donors (Lipinski definition) is 2. The van der Waals surface area contributed by atoms with Gasteiger partial charge in [0.2, 0.25) is 0 Å². The van der Waals surface area contributed by atoms with E-state index in [0.717, 1.165) is 12.0 Å². The van der Waals surface area contributed by atoms with Crippen molar-refractivity contribution in [3.05, 3.63) is 105 Å². The molecule has 6 heteroatoms. The first-order valence-corrected chi connectivity index (χ1v) is 9.50. The molecule has 3 unspecified atom stereocenters. The Kier molecular flexibility index (Phi) is 3.87. The van der Waals surface area contributed by atoms with Crippen LogP contribution in [0, 0.1) is 16.0 Å². The Bertz CT molecular complexity index is 1160. The van der Waals surface area contributed by atoms with Crippen molar-refractivity contribution >= 4 is 17.3 Å². The molecule has 1 aliphatic heterocycles. The summed E-state index contributed by atoms with van der Waals surface area (Å²) in [6.07, 6.45) is 0.779. The number of hydrogen-bond acceptors (Lipinski definition) is 4. The molecule has 0 saturated heterocycles. The largest absolute Gasteiger partial charge is 0.478 e. The van der Waals surface area contributed by atoms with Gasteiger partial charge in [-0.25, -0.2) is 4.79 Å². The van der Waals surface area contributed by atoms with Gasteiger partial charge in [0.25, 0.3) is 5.69 Å². The molecule has 0 amide bonds. The molecule has 5 rings (SSSR count). The zero-order chi connectivity index (χ0) is 20.1. The fourth-order valence-corrected chi connectivity index (χ4v) is 4.99. The third-order valence-corrected chi connectivity index (χ3v) is 6.13. The van der Waals surface area contributed by atoms with Gasteiger partial charge in [-0.3, -0.25) is 10.1 Å². The first-order valence-electron chi connectivity index (χ1n) is 9.50. The zero-order valence-electron chi connectivity index (χ0n) is 15.4. The molecule has 1 aliphatic carbocycles. The Morgan fingerprint density at radius 3 is 2.41 bits per heavy atom. The maximum absolute atomic E-state index is 11.9. The van der Waals surface area contributed by atoms with E-state index >= 15 is 0 Å². The first-order chi connectivity index (χ1) is 14.1. The van der Waals surface area contributed by atoms with Gasteiger partial charge in [0.15, 0.2) is 0 Å². The Labute approximate surface area is 167 Å². The average Bonchev–Trinajstić information content (AvgIpc) is 3.12. The third-order valence-electron chi connectivity index (χ3n) is 6.13. The molecule has 0 radical (unpaired) electrons. The van der Waals surface area contributed by atoms with Crippen LogP contribution in [0.2, 0.25) is 0 Å². The molecule has 0 aromatic heterocycles. The highest BCUT2D eigenvalue weighted by molar-refractivity contribution is 5.96. The number of carbonyl (C=O) groups is 1. The van der Waals surface area contributed by atoms with Crippen LogP contribution in [0.1, 0.15) is 44.6 Å². The molecule has 144 valence electrons. The van der Waals surface area contributed by atoms with Gasteiger partial charge in [-0.1, -0.05) is 54.6 Å². The summed E-state index contributed by atoms with van der Waals surface area (Å²) in [6.45, 7) is 0. The van der Waals surface area contributed by atoms with Gasteiger partial charge < -0.3 is 10.4 Å². The summed E-state index contributed by atoms with van der Waals surface area (Å²) in [5.74, 6) is -0.961. The summed E-state index contributed by atoms with van der Waals surface area (Å²) in [7, 11) is 0. The molecule has 6 nitrogen and oxygen atoms in total. The van der Waals surface area contributed by atoms with Gasteiger partial charge in [-0.15, -0.1) is 0 Å². The summed E-state index contributed by atoms with van der Waals surface area (Å²) in [5, 5.41) is 24.8. The quantitative estimate of drug-likeness (QED) is 0.500. The number of anilines is 1. The van der Waals surface area contributed by atoms with E-state index in [1.54, 1.807) is 30.3 Å². The van der Waals surface area contributed by atoms with E-state index in [1.165, 1.54) is 17.2 Å². The van der Waals surface area contributed by atoms with Crippen LogP contribution in [0.25, 0.3) is 0 Å². The summed E-state index contributed by atoms with van der Waals surface area (Å²) in [4.78, 5) is 23.2. The smallest absolute Gasteiger partial charge is 0.337 e. The monoisotopic (exact) mass is 386 g/mol. The zero-order valence-corrected chi connectivity index (χ0v) is 15.4. The Morgan fingerprint density at radius 2 is 1.66 bits per heavy atom. The number of nitro groups is 1. The van der Waals surface area contributed by atoms with E-state index in [9.17, 15) is 20.0 Å². The van der Waals surface area contributed by atoms with Crippen LogP contribution in [-0.2, 0) is 6.42 Å². The molecule has 3 atom stereocenters. The fourth-order valence-electron chi connectivity index (χ4n) is 4.99. The number of nitro benzene ring substituents is 1. The second-order valence-corrected chi connectivity index (χ2v) is 7.56. The minimum atomic E-state index is -1.01. The number of aromatic carboxylic acids is 1. The van der Waals surface area contributed by atoms with Gasteiger partial charge in [0.1, 0.15) is 0 Å². The lowest BCUT2D eigenvalue weighted by Crippen LogP contribution is -2.32. The van der Waals surface area contributed by atoms with E-state index in [4.69, 9.17) is 0 Å². The van der Waals surface area contributed by atoms with E-state index in [2.05, 4.69) is 17.4 Å². The van der Waals surface area contributed by atoms with Crippen molar-refractivity contribution in [3.8, 4) is 0 Å². The minimum absolute atomic E-state index is 0.00781. The summed E-state index contributed by atoms with van der Waals surface area (Å²) < 4.78 is 0. The second-order valence-electron chi connectivity index (χ2n) is 7.56. The van der Waals surface area contributed by atoms with Gasteiger partial charge >= 0.3 is 5.97 Å². The molecule has 2 N–H and O–H groups in total. The summed E-state index contributed by atoms with van der Waals surface area (Å²) in [5.41, 5.74) is 4.71. The normalized spacial score (nSPS) is 21.4. The second kappa shape index (κ2) is 6.44. The van der Waals surface area contributed by atoms with Gasteiger partial charge in [-0.05, 0) is 35.1 Å². The predicted octanol–water partition coefficient (Wildman–Crippen LogP) is 4.76. The number of carboxylic acid groups (broad SMARTS) is 1. The van der Waals surface area contributed by atoms with Crippen molar-refractivity contribution in [1.29, 1.82) is 0 Å². The molecule has 2 aliphatic rings. The molecule has 3 aromatic carbocycles. The topological polar surface area (TPSA) is 92.5 Å². The van der Waals surface area contributed by atoms with Crippen molar-refractivity contribution in [2.24, 2.45) is 5.92 Å². The minimum Gasteiger partial charge on any atom is -0.478 e. The van der Waals surface area contributed by atoms with Gasteiger partial charge in [-0.2, -0.15) is 0 Å². The lowest BCUT2D eigenvalue weighted by molar-refractivity contribution is -0.385. The highest BCUT2D eigenvalue weighted by atomic mass is 16.6. The standard InChI is InChI=1S/C23H18N2O4/c26-23(27)17-10-5-9-16-20-14-7-2-1-6-13(14)12-18(20)21(24-22(16)17)15-8-3-4-11-19(15)25(28)29/h1-11,18,20-21,24H,12H2,(H,26,27). The van der Waals surface area contributed by atoms with Crippen molar-refractivity contribution in [3.63, 3.8) is 0 Å². The Balaban J connectivity index is 1.75. The van der Waals surface area contributed by atoms with Crippen molar-refractivity contribution in [1.82, 2.24) is 0 Å². The average molecular weight is 386 g/mol. The Morgan fingerprint density at radius 1 is 0.966 bits per heavy atom. The molecule has 3 aromatic rings. The summed E-state index contributed by atoms with van der Waals surface area (Å²) in [6, 6.07) is 19.8. The van der Waals surface area contributed by atoms with Crippen molar-refractivity contribution in [2.45, 2.75) is 18.4 Å². The highest BCUT2D eigenvalue weighted by Crippen LogP contribution is 2.55. The van der Waals surface area contributed by atoms with Crippen LogP contribution in [0.5, 0.6) is 0 Å². The SMILES string of the molecule is O=C(O)c1cccc2c1NC(c1ccccc1[N+](=O)[O-])C1Cc3ccccc3C21. The van der Waals surface area contributed by atoms with Crippen LogP contribution >= 0.6 is 0 Å². The van der Waals surface area contributed by atoms with Crippen LogP contribution < -0.4 is 5.32 Å². The number of carboxylic acids is 1. The number of rotatable bonds is 3. The number of nitrogens with zero attached hydrogens (tertiary/aromatic N) is 1. The van der Waals surface area contributed by atoms with Crippen LogP contribution in [0.15, 0.2) is 66.7 Å². The van der Waals surface area contributed by atoms with Gasteiger partial charge in [0.05, 0.1) is 27.8 Å². The number of nitrogens with one attached hydrogen (secondary N) is 1. The third kappa shape index (κ3) is 2.60. The molecule has 0 bridgehead atoms. The van der Waals surface area contributed by atoms with Crippen molar-refractivity contribution < 1.29 is 14.8 Å². The molecule has 0 saturated carbocycles. The highest BCUT2D eigenvalue weighted by Gasteiger charge is 2.45. The van der Waals surface area contributed by atoms with E-state index < -0.39 is 5.97 Å². The molecule has 0 spiro atoms.